The van der Waals surface area contributed by atoms with Crippen molar-refractivity contribution in [3.63, 3.8) is 0 Å². The maximum absolute atomic E-state index is 10.6. The number of rotatable bonds is 5. The SMILES string of the molecule is C=C(CCC(C)C1CCCC2(C)C3CCC4C(C)C(O)CCC45CC35CCC12C)C(C)C. The fourth-order valence-electron chi connectivity index (χ4n) is 11.1. The molecule has 0 aliphatic heterocycles. The van der Waals surface area contributed by atoms with Crippen LogP contribution in [0.4, 0.5) is 0 Å². The Kier molecular flexibility index (Phi) is 5.57. The lowest BCUT2D eigenvalue weighted by atomic mass is 9.37. The van der Waals surface area contributed by atoms with E-state index in [1.54, 1.807) is 0 Å². The molecule has 5 rings (SSSR count). The lowest BCUT2D eigenvalue weighted by Crippen LogP contribution is -2.60. The molecule has 1 heteroatoms. The third-order valence-electron chi connectivity index (χ3n) is 13.4. The van der Waals surface area contributed by atoms with E-state index >= 15 is 0 Å². The molecule has 10 atom stereocenters. The predicted octanol–water partition coefficient (Wildman–Crippen LogP) is 8.41. The van der Waals surface area contributed by atoms with Crippen molar-refractivity contribution in [3.8, 4) is 0 Å². The molecule has 2 spiro atoms. The van der Waals surface area contributed by atoms with E-state index in [1.807, 2.05) is 0 Å². The van der Waals surface area contributed by atoms with Crippen molar-refractivity contribution in [2.75, 3.05) is 0 Å². The minimum absolute atomic E-state index is 0.0373. The van der Waals surface area contributed by atoms with Crippen LogP contribution < -0.4 is 0 Å². The van der Waals surface area contributed by atoms with Gasteiger partial charge >= 0.3 is 0 Å². The summed E-state index contributed by atoms with van der Waals surface area (Å²) in [5.41, 5.74) is 3.72. The fraction of sp³-hybridized carbons (Fsp3) is 0.935. The largest absolute Gasteiger partial charge is 0.393 e. The first kappa shape index (κ1) is 23.4. The Morgan fingerprint density at radius 1 is 0.938 bits per heavy atom. The minimum Gasteiger partial charge on any atom is -0.393 e. The number of aliphatic hydroxyl groups is 1. The van der Waals surface area contributed by atoms with Crippen molar-refractivity contribution in [2.45, 2.75) is 125 Å². The van der Waals surface area contributed by atoms with Gasteiger partial charge in [-0.2, -0.15) is 0 Å². The van der Waals surface area contributed by atoms with Gasteiger partial charge in [-0.25, -0.2) is 0 Å². The van der Waals surface area contributed by atoms with Gasteiger partial charge in [0.25, 0.3) is 0 Å². The lowest BCUT2D eigenvalue weighted by Gasteiger charge is -2.67. The van der Waals surface area contributed by atoms with Crippen molar-refractivity contribution in [1.29, 1.82) is 0 Å². The Morgan fingerprint density at radius 3 is 2.41 bits per heavy atom. The van der Waals surface area contributed by atoms with Crippen molar-refractivity contribution < 1.29 is 5.11 Å². The summed E-state index contributed by atoms with van der Waals surface area (Å²) >= 11 is 0. The number of hydrogen-bond acceptors (Lipinski definition) is 1. The summed E-state index contributed by atoms with van der Waals surface area (Å²) in [6.45, 7) is 19.5. The third kappa shape index (κ3) is 2.91. The van der Waals surface area contributed by atoms with E-state index in [0.29, 0.717) is 33.5 Å². The quantitative estimate of drug-likeness (QED) is 0.425. The molecule has 0 aromatic heterocycles. The Balaban J connectivity index is 1.40. The molecule has 1 nitrogen and oxygen atoms in total. The summed E-state index contributed by atoms with van der Waals surface area (Å²) in [7, 11) is 0. The van der Waals surface area contributed by atoms with Crippen molar-refractivity contribution in [1.82, 2.24) is 0 Å². The molecule has 0 radical (unpaired) electrons. The standard InChI is InChI=1S/C31H52O/c1-20(2)21(3)10-11-22(4)24-9-8-15-29(7)27-13-12-25-23(5)26(32)14-16-30(25)19-31(27,30)18-17-28(24,29)6/h20,22-27,32H,3,8-19H2,1-2,4-7H3. The van der Waals surface area contributed by atoms with E-state index in [-0.39, 0.29) is 6.10 Å². The molecule has 5 aliphatic carbocycles. The summed E-state index contributed by atoms with van der Waals surface area (Å²) < 4.78 is 0. The topological polar surface area (TPSA) is 20.2 Å². The van der Waals surface area contributed by atoms with Crippen LogP contribution in [0.3, 0.4) is 0 Å². The van der Waals surface area contributed by atoms with Crippen LogP contribution in [0, 0.1) is 57.2 Å². The molecule has 32 heavy (non-hydrogen) atoms. The van der Waals surface area contributed by atoms with E-state index in [4.69, 9.17) is 0 Å². The molecule has 0 aromatic carbocycles. The molecule has 5 aliphatic rings. The Morgan fingerprint density at radius 2 is 1.69 bits per heavy atom. The van der Waals surface area contributed by atoms with E-state index < -0.39 is 0 Å². The fourth-order valence-corrected chi connectivity index (χ4v) is 11.1. The van der Waals surface area contributed by atoms with Crippen LogP contribution in [0.5, 0.6) is 0 Å². The lowest BCUT2D eigenvalue weighted by molar-refractivity contribution is -0.188. The molecule has 5 fully saturated rings. The van der Waals surface area contributed by atoms with Crippen molar-refractivity contribution in [3.05, 3.63) is 12.2 Å². The average Bonchev–Trinajstić information content (AvgIpc) is 3.43. The van der Waals surface area contributed by atoms with Crippen molar-refractivity contribution >= 4 is 0 Å². The molecule has 1 N–H and O–H groups in total. The van der Waals surface area contributed by atoms with Gasteiger partial charge in [0.2, 0.25) is 0 Å². The third-order valence-corrected chi connectivity index (χ3v) is 13.4. The van der Waals surface area contributed by atoms with Crippen LogP contribution in [0.25, 0.3) is 0 Å². The number of aliphatic hydroxyl groups excluding tert-OH is 1. The maximum atomic E-state index is 10.6. The van der Waals surface area contributed by atoms with Gasteiger partial charge in [0, 0.05) is 0 Å². The van der Waals surface area contributed by atoms with Crippen LogP contribution in [0.2, 0.25) is 0 Å². The smallest absolute Gasteiger partial charge is 0.0568 e. The Bertz CT molecular complexity index is 754. The molecule has 0 amide bonds. The highest BCUT2D eigenvalue weighted by Crippen LogP contribution is 2.87. The van der Waals surface area contributed by atoms with E-state index in [2.05, 4.69) is 48.1 Å². The van der Waals surface area contributed by atoms with Gasteiger partial charge < -0.3 is 5.11 Å². The van der Waals surface area contributed by atoms with E-state index in [9.17, 15) is 5.11 Å². The predicted molar refractivity (Wildman–Crippen MR) is 135 cm³/mol. The van der Waals surface area contributed by atoms with Gasteiger partial charge in [0.1, 0.15) is 0 Å². The van der Waals surface area contributed by atoms with Crippen molar-refractivity contribution in [2.24, 2.45) is 57.2 Å². The number of fused-ring (bicyclic) bond motifs is 2. The first-order chi connectivity index (χ1) is 15.0. The van der Waals surface area contributed by atoms with Crippen LogP contribution in [0.1, 0.15) is 119 Å². The van der Waals surface area contributed by atoms with Gasteiger partial charge in [-0.1, -0.05) is 60.1 Å². The van der Waals surface area contributed by atoms with Gasteiger partial charge in [0.15, 0.2) is 0 Å². The number of allylic oxidation sites excluding steroid dienone is 1. The van der Waals surface area contributed by atoms with Crippen LogP contribution in [-0.2, 0) is 0 Å². The van der Waals surface area contributed by atoms with E-state index in [0.717, 1.165) is 30.1 Å². The monoisotopic (exact) mass is 440 g/mol. The number of hydrogen-bond donors (Lipinski definition) is 1. The zero-order valence-corrected chi connectivity index (χ0v) is 22.2. The summed E-state index contributed by atoms with van der Waals surface area (Å²) in [6.07, 6.45) is 16.6. The zero-order valence-electron chi connectivity index (χ0n) is 22.2. The first-order valence-electron chi connectivity index (χ1n) is 14.4. The van der Waals surface area contributed by atoms with Gasteiger partial charge in [-0.3, -0.25) is 0 Å². The highest BCUT2D eigenvalue weighted by molar-refractivity contribution is 5.29. The Hall–Kier alpha value is -0.300. The Labute approximate surface area is 199 Å². The average molecular weight is 441 g/mol. The second kappa shape index (κ2) is 7.60. The molecule has 0 bridgehead atoms. The molecule has 0 saturated heterocycles. The van der Waals surface area contributed by atoms with Gasteiger partial charge in [-0.15, -0.1) is 0 Å². The van der Waals surface area contributed by atoms with Gasteiger partial charge in [-0.05, 0) is 128 Å². The summed E-state index contributed by atoms with van der Waals surface area (Å²) in [4.78, 5) is 0. The molecule has 0 aromatic rings. The summed E-state index contributed by atoms with van der Waals surface area (Å²) in [5, 5.41) is 10.6. The van der Waals surface area contributed by atoms with Gasteiger partial charge in [0.05, 0.1) is 6.10 Å². The first-order valence-corrected chi connectivity index (χ1v) is 14.4. The second-order valence-corrected chi connectivity index (χ2v) is 14.4. The second-order valence-electron chi connectivity index (χ2n) is 14.4. The molecule has 0 heterocycles. The normalized spacial score (nSPS) is 52.9. The molecule has 5 saturated carbocycles. The highest BCUT2D eigenvalue weighted by atomic mass is 16.3. The van der Waals surface area contributed by atoms with Crippen LogP contribution in [0.15, 0.2) is 12.2 Å². The summed E-state index contributed by atoms with van der Waals surface area (Å²) in [6, 6.07) is 0. The molecular weight excluding hydrogens is 388 g/mol. The maximum Gasteiger partial charge on any atom is 0.0568 e. The molecular formula is C31H52O. The minimum atomic E-state index is -0.0373. The van der Waals surface area contributed by atoms with E-state index in [1.165, 1.54) is 76.2 Å². The molecule has 10 unspecified atom stereocenters. The highest BCUT2D eigenvalue weighted by Gasteiger charge is 2.80. The van der Waals surface area contributed by atoms with Crippen LogP contribution in [-0.4, -0.2) is 11.2 Å². The molecule has 182 valence electrons. The zero-order chi connectivity index (χ0) is 23.1. The summed E-state index contributed by atoms with van der Waals surface area (Å²) in [5.74, 6) is 4.60. The van der Waals surface area contributed by atoms with Crippen LogP contribution >= 0.6 is 0 Å².